The molecule has 1 aromatic rings. The predicted octanol–water partition coefficient (Wildman–Crippen LogP) is 0.388. The van der Waals surface area contributed by atoms with E-state index in [0.717, 1.165) is 4.73 Å². The quantitative estimate of drug-likeness (QED) is 0.406. The van der Waals surface area contributed by atoms with E-state index in [1.807, 2.05) is 0 Å². The molecule has 0 bridgehead atoms. The second-order valence-corrected chi connectivity index (χ2v) is 3.71. The zero-order chi connectivity index (χ0) is 13.8. The van der Waals surface area contributed by atoms with Crippen molar-refractivity contribution in [1.29, 1.82) is 5.41 Å². The number of hydrogen-bond donors (Lipinski definition) is 3. The van der Waals surface area contributed by atoms with Crippen LogP contribution in [0.5, 0.6) is 0 Å². The highest BCUT2D eigenvalue weighted by Gasteiger charge is 2.14. The molecule has 0 radical (unpaired) electrons. The van der Waals surface area contributed by atoms with Gasteiger partial charge in [0.15, 0.2) is 5.49 Å². The monoisotopic (exact) mass is 259 g/mol. The summed E-state index contributed by atoms with van der Waals surface area (Å²) in [5.74, 6) is 0.426. The molecule has 4 N–H and O–H groups in total. The lowest BCUT2D eigenvalue weighted by Gasteiger charge is -2.12. The molecule has 19 heavy (non-hydrogen) atoms. The van der Waals surface area contributed by atoms with Gasteiger partial charge in [-0.2, -0.15) is 4.73 Å². The second-order valence-electron chi connectivity index (χ2n) is 3.71. The number of pyridine rings is 1. The molecule has 98 valence electrons. The van der Waals surface area contributed by atoms with Crippen LogP contribution in [0.15, 0.2) is 58.2 Å². The van der Waals surface area contributed by atoms with Crippen molar-refractivity contribution in [3.63, 3.8) is 0 Å². The molecule has 0 unspecified atom stereocenters. The molecule has 1 aliphatic carbocycles. The summed E-state index contributed by atoms with van der Waals surface area (Å²) in [6.07, 6.45) is 4.39. The van der Waals surface area contributed by atoms with Gasteiger partial charge in [-0.05, 0) is 18.2 Å². The fourth-order valence-electron chi connectivity index (χ4n) is 1.46. The molecule has 7 nitrogen and oxygen atoms in total. The Bertz CT molecular complexity index is 667. The topological polar surface area (TPSA) is 109 Å². The Hall–Kier alpha value is -2.83. The van der Waals surface area contributed by atoms with Crippen LogP contribution >= 0.6 is 0 Å². The van der Waals surface area contributed by atoms with Gasteiger partial charge in [0.05, 0.1) is 18.5 Å². The van der Waals surface area contributed by atoms with Crippen molar-refractivity contribution in [2.24, 2.45) is 15.9 Å². The maximum absolute atomic E-state index is 9.47. The Balaban J connectivity index is 2.41. The number of rotatable bonds is 2. The highest BCUT2D eigenvalue weighted by Crippen LogP contribution is 2.11. The van der Waals surface area contributed by atoms with Gasteiger partial charge in [-0.3, -0.25) is 5.41 Å². The van der Waals surface area contributed by atoms with Crippen molar-refractivity contribution >= 4 is 11.4 Å². The number of nitrogens with one attached hydrogen (secondary N) is 1. The van der Waals surface area contributed by atoms with Crippen LogP contribution in [0.25, 0.3) is 0 Å². The summed E-state index contributed by atoms with van der Waals surface area (Å²) in [7, 11) is 1.48. The lowest BCUT2D eigenvalue weighted by Crippen LogP contribution is -2.20. The lowest BCUT2D eigenvalue weighted by atomic mass is 10.1. The third-order valence-electron chi connectivity index (χ3n) is 2.43. The molecule has 1 aromatic heterocycles. The molecule has 7 heteroatoms. The van der Waals surface area contributed by atoms with E-state index >= 15 is 0 Å². The van der Waals surface area contributed by atoms with E-state index in [2.05, 4.69) is 10.2 Å². The van der Waals surface area contributed by atoms with Crippen LogP contribution in [0.3, 0.4) is 0 Å². The summed E-state index contributed by atoms with van der Waals surface area (Å²) >= 11 is 0. The molecule has 0 saturated heterocycles. The number of hydrogen-bond acceptors (Lipinski definition) is 6. The maximum Gasteiger partial charge on any atom is 0.189 e. The van der Waals surface area contributed by atoms with Crippen molar-refractivity contribution in [3.05, 3.63) is 53.5 Å². The largest absolute Gasteiger partial charge is 0.495 e. The summed E-state index contributed by atoms with van der Waals surface area (Å²) in [5.41, 5.74) is 6.71. The molecule has 0 atom stereocenters. The first-order valence-electron chi connectivity index (χ1n) is 5.42. The summed E-state index contributed by atoms with van der Waals surface area (Å²) in [6, 6.07) is 4.95. The van der Waals surface area contributed by atoms with Crippen molar-refractivity contribution in [3.8, 4) is 0 Å². The van der Waals surface area contributed by atoms with E-state index in [0.29, 0.717) is 17.2 Å². The highest BCUT2D eigenvalue weighted by atomic mass is 16.5. The third-order valence-corrected chi connectivity index (χ3v) is 2.43. The molecular formula is C12H13N5O2. The summed E-state index contributed by atoms with van der Waals surface area (Å²) in [4.78, 5) is 0. The van der Waals surface area contributed by atoms with Gasteiger partial charge in [0, 0.05) is 12.3 Å². The van der Waals surface area contributed by atoms with E-state index in [-0.39, 0.29) is 11.2 Å². The molecule has 0 spiro atoms. The first-order chi connectivity index (χ1) is 9.11. The van der Waals surface area contributed by atoms with Gasteiger partial charge in [0.1, 0.15) is 11.5 Å². The van der Waals surface area contributed by atoms with Crippen LogP contribution in [0.1, 0.15) is 0 Å². The number of methoxy groups -OCH3 is 1. The van der Waals surface area contributed by atoms with Crippen LogP contribution < -0.4 is 11.2 Å². The van der Waals surface area contributed by atoms with Crippen LogP contribution in [-0.2, 0) is 4.74 Å². The first kappa shape index (κ1) is 12.6. The van der Waals surface area contributed by atoms with Crippen molar-refractivity contribution in [1.82, 2.24) is 4.73 Å². The van der Waals surface area contributed by atoms with Gasteiger partial charge >= 0.3 is 0 Å². The SMILES string of the molecule is COC1=CC(=N/N=c2\ccccn2O)C(=N)C=C1N. The minimum atomic E-state index is 0.127. The third kappa shape index (κ3) is 2.71. The van der Waals surface area contributed by atoms with E-state index in [1.165, 1.54) is 25.5 Å². The van der Waals surface area contributed by atoms with E-state index in [4.69, 9.17) is 15.9 Å². The number of nitrogens with two attached hydrogens (primary N) is 1. The molecular weight excluding hydrogens is 246 g/mol. The van der Waals surface area contributed by atoms with E-state index in [9.17, 15) is 5.21 Å². The van der Waals surface area contributed by atoms with Crippen molar-refractivity contribution < 1.29 is 9.94 Å². The van der Waals surface area contributed by atoms with Crippen molar-refractivity contribution in [2.45, 2.75) is 0 Å². The van der Waals surface area contributed by atoms with Gasteiger partial charge < -0.3 is 15.7 Å². The highest BCUT2D eigenvalue weighted by molar-refractivity contribution is 6.50. The average molecular weight is 259 g/mol. The fourth-order valence-corrected chi connectivity index (χ4v) is 1.46. The summed E-state index contributed by atoms with van der Waals surface area (Å²) in [6.45, 7) is 0. The molecule has 0 fully saturated rings. The fraction of sp³-hybridized carbons (Fsp3) is 0.0833. The lowest BCUT2D eigenvalue weighted by molar-refractivity contribution is 0.171. The van der Waals surface area contributed by atoms with Gasteiger partial charge in [0.25, 0.3) is 0 Å². The Morgan fingerprint density at radius 3 is 2.79 bits per heavy atom. The van der Waals surface area contributed by atoms with Crippen LogP contribution in [0, 0.1) is 5.41 Å². The van der Waals surface area contributed by atoms with Crippen LogP contribution in [0.4, 0.5) is 0 Å². The molecule has 0 amide bonds. The average Bonchev–Trinajstić information content (AvgIpc) is 2.39. The van der Waals surface area contributed by atoms with Gasteiger partial charge in [-0.15, -0.1) is 10.2 Å². The predicted molar refractivity (Wildman–Crippen MR) is 69.7 cm³/mol. The molecule has 0 aliphatic heterocycles. The molecule has 0 saturated carbocycles. The first-order valence-corrected chi connectivity index (χ1v) is 5.42. The zero-order valence-electron chi connectivity index (χ0n) is 10.2. The number of aromatic nitrogens is 1. The van der Waals surface area contributed by atoms with Gasteiger partial charge in [-0.1, -0.05) is 6.07 Å². The van der Waals surface area contributed by atoms with Gasteiger partial charge in [0.2, 0.25) is 0 Å². The molecule has 0 aromatic carbocycles. The molecule has 2 rings (SSSR count). The number of allylic oxidation sites excluding steroid dienone is 2. The molecule has 1 aliphatic rings. The second kappa shape index (κ2) is 5.21. The van der Waals surface area contributed by atoms with E-state index < -0.39 is 0 Å². The maximum atomic E-state index is 9.47. The van der Waals surface area contributed by atoms with Gasteiger partial charge in [-0.25, -0.2) is 0 Å². The summed E-state index contributed by atoms with van der Waals surface area (Å²) < 4.78 is 5.89. The minimum Gasteiger partial charge on any atom is -0.495 e. The Morgan fingerprint density at radius 2 is 2.11 bits per heavy atom. The van der Waals surface area contributed by atoms with Crippen molar-refractivity contribution in [2.75, 3.05) is 7.11 Å². The van der Waals surface area contributed by atoms with Crippen LogP contribution in [-0.4, -0.2) is 28.5 Å². The smallest absolute Gasteiger partial charge is 0.189 e. The molecule has 1 heterocycles. The summed E-state index contributed by atoms with van der Waals surface area (Å²) in [5, 5.41) is 25.0. The Morgan fingerprint density at radius 1 is 1.32 bits per heavy atom. The van der Waals surface area contributed by atoms with Crippen LogP contribution in [0.2, 0.25) is 0 Å². The van der Waals surface area contributed by atoms with E-state index in [1.54, 1.807) is 18.2 Å². The zero-order valence-corrected chi connectivity index (χ0v) is 10.2. The Kier molecular flexibility index (Phi) is 3.46. The Labute approximate surface area is 109 Å². The standard InChI is InChI=1S/C12H13N5O2/c1-19-11-7-10(8(13)6-9(11)14)15-16-12-4-2-3-5-17(12)18/h2-7,13,18H,14H2,1H3/b13-8?,15-10?,16-12+. The normalized spacial score (nSPS) is 18.3. The number of nitrogens with zero attached hydrogens (tertiary/aromatic N) is 3. The number of ether oxygens (including phenoxy) is 1. The minimum absolute atomic E-state index is 0.127.